The Kier molecular flexibility index (Phi) is 5.08. The summed E-state index contributed by atoms with van der Waals surface area (Å²) in [6, 6.07) is 9.78. The maximum Gasteiger partial charge on any atom is 0.416 e. The van der Waals surface area contributed by atoms with Crippen LogP contribution >= 0.6 is 0 Å². The molecule has 0 saturated heterocycles. The smallest absolute Gasteiger partial charge is 0.416 e. The molecule has 2 amide bonds. The Balaban J connectivity index is 1.95. The Morgan fingerprint density at radius 3 is 1.62 bits per heavy atom. The van der Waals surface area contributed by atoms with Gasteiger partial charge in [-0.15, -0.1) is 0 Å². The number of ether oxygens (including phenoxy) is 1. The van der Waals surface area contributed by atoms with E-state index in [4.69, 9.17) is 4.74 Å². The standard InChI is InChI=1S/C16H13F3N2O3/c1-24-13-8-4-11(5-9-13)15(23)21-20-14(22)10-2-6-12(7-3-10)16(17,18)19/h2-9H,1H3,(H,20,22)(H,21,23). The molecule has 0 saturated carbocycles. The second-order valence-electron chi connectivity index (χ2n) is 4.71. The van der Waals surface area contributed by atoms with Crippen LogP contribution in [0, 0.1) is 0 Å². The summed E-state index contributed by atoms with van der Waals surface area (Å²) in [5.41, 5.74) is 3.72. The Morgan fingerprint density at radius 1 is 0.833 bits per heavy atom. The summed E-state index contributed by atoms with van der Waals surface area (Å²) in [6.07, 6.45) is -4.47. The number of carbonyl (C=O) groups excluding carboxylic acids is 2. The van der Waals surface area contributed by atoms with Crippen molar-refractivity contribution < 1.29 is 27.5 Å². The molecule has 0 bridgehead atoms. The summed E-state index contributed by atoms with van der Waals surface area (Å²) < 4.78 is 42.3. The Hall–Kier alpha value is -3.03. The molecule has 0 spiro atoms. The third kappa shape index (κ3) is 4.25. The van der Waals surface area contributed by atoms with Crippen molar-refractivity contribution in [3.63, 3.8) is 0 Å². The number of methoxy groups -OCH3 is 1. The largest absolute Gasteiger partial charge is 0.497 e. The van der Waals surface area contributed by atoms with Crippen molar-refractivity contribution in [3.8, 4) is 5.75 Å². The van der Waals surface area contributed by atoms with Gasteiger partial charge in [-0.3, -0.25) is 20.4 Å². The summed E-state index contributed by atoms with van der Waals surface area (Å²) >= 11 is 0. The van der Waals surface area contributed by atoms with Crippen molar-refractivity contribution in [1.29, 1.82) is 0 Å². The van der Waals surface area contributed by atoms with Gasteiger partial charge >= 0.3 is 6.18 Å². The molecule has 0 aliphatic heterocycles. The summed E-state index contributed by atoms with van der Waals surface area (Å²) in [7, 11) is 1.49. The zero-order valence-corrected chi connectivity index (χ0v) is 12.5. The van der Waals surface area contributed by atoms with E-state index in [1.165, 1.54) is 19.2 Å². The summed E-state index contributed by atoms with van der Waals surface area (Å²) in [4.78, 5) is 23.7. The van der Waals surface area contributed by atoms with Crippen LogP contribution in [-0.4, -0.2) is 18.9 Å². The van der Waals surface area contributed by atoms with Gasteiger partial charge in [0, 0.05) is 11.1 Å². The van der Waals surface area contributed by atoms with Crippen LogP contribution in [0.4, 0.5) is 13.2 Å². The fourth-order valence-corrected chi connectivity index (χ4v) is 1.81. The first-order chi connectivity index (χ1) is 11.3. The van der Waals surface area contributed by atoms with Crippen molar-refractivity contribution in [2.24, 2.45) is 0 Å². The van der Waals surface area contributed by atoms with Crippen LogP contribution in [0.25, 0.3) is 0 Å². The zero-order chi connectivity index (χ0) is 17.7. The van der Waals surface area contributed by atoms with E-state index >= 15 is 0 Å². The number of carbonyl (C=O) groups is 2. The van der Waals surface area contributed by atoms with Crippen LogP contribution in [0.15, 0.2) is 48.5 Å². The molecular formula is C16H13F3N2O3. The molecule has 24 heavy (non-hydrogen) atoms. The quantitative estimate of drug-likeness (QED) is 0.846. The van der Waals surface area contributed by atoms with Crippen LogP contribution in [0.2, 0.25) is 0 Å². The molecule has 0 aliphatic rings. The third-order valence-electron chi connectivity index (χ3n) is 3.12. The minimum absolute atomic E-state index is 0.0157. The highest BCUT2D eigenvalue weighted by molar-refractivity contribution is 5.99. The zero-order valence-electron chi connectivity index (χ0n) is 12.5. The van der Waals surface area contributed by atoms with Crippen LogP contribution in [0.5, 0.6) is 5.75 Å². The average Bonchev–Trinajstić information content (AvgIpc) is 2.58. The van der Waals surface area contributed by atoms with Gasteiger partial charge in [-0.05, 0) is 48.5 Å². The second kappa shape index (κ2) is 7.03. The number of halogens is 3. The molecule has 0 radical (unpaired) electrons. The van der Waals surface area contributed by atoms with Gasteiger partial charge in [-0.2, -0.15) is 13.2 Å². The van der Waals surface area contributed by atoms with Gasteiger partial charge in [0.25, 0.3) is 11.8 Å². The molecule has 0 unspecified atom stereocenters. The van der Waals surface area contributed by atoms with Crippen molar-refractivity contribution in [2.45, 2.75) is 6.18 Å². The second-order valence-corrected chi connectivity index (χ2v) is 4.71. The average molecular weight is 338 g/mol. The number of benzene rings is 2. The molecule has 2 aromatic rings. The lowest BCUT2D eigenvalue weighted by Gasteiger charge is -2.09. The SMILES string of the molecule is COc1ccc(C(=O)NNC(=O)c2ccc(C(F)(F)F)cc2)cc1. The van der Waals surface area contributed by atoms with E-state index in [2.05, 4.69) is 10.9 Å². The van der Waals surface area contributed by atoms with Gasteiger partial charge in [0.15, 0.2) is 0 Å². The monoisotopic (exact) mass is 338 g/mol. The van der Waals surface area contributed by atoms with E-state index in [-0.39, 0.29) is 11.1 Å². The highest BCUT2D eigenvalue weighted by Gasteiger charge is 2.30. The fraction of sp³-hybridized carbons (Fsp3) is 0.125. The Morgan fingerprint density at radius 2 is 1.25 bits per heavy atom. The molecule has 0 aromatic heterocycles. The van der Waals surface area contributed by atoms with E-state index in [9.17, 15) is 22.8 Å². The molecule has 0 fully saturated rings. The first kappa shape index (κ1) is 17.3. The fourth-order valence-electron chi connectivity index (χ4n) is 1.81. The lowest BCUT2D eigenvalue weighted by Crippen LogP contribution is -2.41. The molecule has 2 rings (SSSR count). The Labute approximate surface area is 135 Å². The van der Waals surface area contributed by atoms with E-state index < -0.39 is 23.6 Å². The molecule has 0 heterocycles. The maximum absolute atomic E-state index is 12.4. The van der Waals surface area contributed by atoms with Crippen molar-refractivity contribution in [1.82, 2.24) is 10.9 Å². The Bertz CT molecular complexity index is 726. The first-order valence-electron chi connectivity index (χ1n) is 6.73. The van der Waals surface area contributed by atoms with E-state index in [0.717, 1.165) is 24.3 Å². The van der Waals surface area contributed by atoms with Crippen LogP contribution in [-0.2, 0) is 6.18 Å². The highest BCUT2D eigenvalue weighted by atomic mass is 19.4. The maximum atomic E-state index is 12.4. The van der Waals surface area contributed by atoms with Crippen LogP contribution in [0.1, 0.15) is 26.3 Å². The van der Waals surface area contributed by atoms with E-state index in [1.807, 2.05) is 0 Å². The molecule has 126 valence electrons. The number of amides is 2. The highest BCUT2D eigenvalue weighted by Crippen LogP contribution is 2.29. The minimum Gasteiger partial charge on any atom is -0.497 e. The van der Waals surface area contributed by atoms with Gasteiger partial charge in [-0.1, -0.05) is 0 Å². The normalized spacial score (nSPS) is 10.8. The van der Waals surface area contributed by atoms with E-state index in [0.29, 0.717) is 5.75 Å². The van der Waals surface area contributed by atoms with Crippen molar-refractivity contribution in [2.75, 3.05) is 7.11 Å². The van der Waals surface area contributed by atoms with Gasteiger partial charge in [0.1, 0.15) is 5.75 Å². The number of hydrogen-bond donors (Lipinski definition) is 2. The molecule has 2 N–H and O–H groups in total. The van der Waals surface area contributed by atoms with Crippen LogP contribution < -0.4 is 15.6 Å². The summed E-state index contributed by atoms with van der Waals surface area (Å²) in [5.74, 6) is -0.733. The number of nitrogens with one attached hydrogen (secondary N) is 2. The van der Waals surface area contributed by atoms with Gasteiger partial charge in [0.05, 0.1) is 12.7 Å². The molecular weight excluding hydrogens is 325 g/mol. The number of hydrogen-bond acceptors (Lipinski definition) is 3. The van der Waals surface area contributed by atoms with Gasteiger partial charge in [0.2, 0.25) is 0 Å². The predicted molar refractivity (Wildman–Crippen MR) is 79.4 cm³/mol. The number of rotatable bonds is 3. The van der Waals surface area contributed by atoms with Gasteiger partial charge in [-0.25, -0.2) is 0 Å². The lowest BCUT2D eigenvalue weighted by atomic mass is 10.1. The third-order valence-corrected chi connectivity index (χ3v) is 3.12. The molecule has 5 nitrogen and oxygen atoms in total. The topological polar surface area (TPSA) is 67.4 Å². The summed E-state index contributed by atoms with van der Waals surface area (Å²) in [6.45, 7) is 0. The van der Waals surface area contributed by atoms with Crippen LogP contribution in [0.3, 0.4) is 0 Å². The molecule has 0 atom stereocenters. The molecule has 8 heteroatoms. The number of hydrazine groups is 1. The lowest BCUT2D eigenvalue weighted by molar-refractivity contribution is -0.137. The van der Waals surface area contributed by atoms with E-state index in [1.54, 1.807) is 12.1 Å². The number of alkyl halides is 3. The molecule has 2 aromatic carbocycles. The first-order valence-corrected chi connectivity index (χ1v) is 6.73. The van der Waals surface area contributed by atoms with Gasteiger partial charge < -0.3 is 4.74 Å². The summed E-state index contributed by atoms with van der Waals surface area (Å²) in [5, 5.41) is 0. The van der Waals surface area contributed by atoms with Crippen molar-refractivity contribution in [3.05, 3.63) is 65.2 Å². The minimum atomic E-state index is -4.47. The predicted octanol–water partition coefficient (Wildman–Crippen LogP) is 2.79. The van der Waals surface area contributed by atoms with Crippen molar-refractivity contribution >= 4 is 11.8 Å². The molecule has 0 aliphatic carbocycles.